The van der Waals surface area contributed by atoms with Gasteiger partial charge in [-0.3, -0.25) is 0 Å². The Morgan fingerprint density at radius 3 is 1.45 bits per heavy atom. The Balaban J connectivity index is 1.09. The minimum Gasteiger partial charge on any atom is -0.395 e. The number of nitrogens with zero attached hydrogens (tertiary/aromatic N) is 12. The average molecular weight is 730 g/mol. The van der Waals surface area contributed by atoms with E-state index in [2.05, 4.69) is 57.4 Å². The second kappa shape index (κ2) is 20.1. The van der Waals surface area contributed by atoms with Crippen LogP contribution >= 0.6 is 0 Å². The fourth-order valence-electron chi connectivity index (χ4n) is 6.08. The summed E-state index contributed by atoms with van der Waals surface area (Å²) in [5, 5.41) is 55.3. The summed E-state index contributed by atoms with van der Waals surface area (Å²) in [5.74, 6) is 1.52. The maximum Gasteiger partial charge on any atom is 0.421 e. The minimum absolute atomic E-state index is 0.0175. The van der Waals surface area contributed by atoms with Crippen molar-refractivity contribution >= 4 is 34.6 Å². The van der Waals surface area contributed by atoms with Gasteiger partial charge in [0, 0.05) is 60.6 Å². The molecule has 5 rings (SSSR count). The third kappa shape index (κ3) is 11.1. The zero-order valence-electron chi connectivity index (χ0n) is 30.7. The second-order valence-corrected chi connectivity index (χ2v) is 12.7. The van der Waals surface area contributed by atoms with Crippen LogP contribution in [0.15, 0.2) is 112 Å². The number of azo groups is 2. The van der Waals surface area contributed by atoms with Crippen LogP contribution in [0.2, 0.25) is 0 Å². The molecule has 282 valence electrons. The van der Waals surface area contributed by atoms with Crippen molar-refractivity contribution in [3.63, 3.8) is 0 Å². The molecule has 16 heteroatoms. The van der Waals surface area contributed by atoms with Crippen LogP contribution in [0, 0.1) is 0 Å². The van der Waals surface area contributed by atoms with Crippen LogP contribution in [0.25, 0.3) is 0 Å². The van der Waals surface area contributed by atoms with E-state index in [-0.39, 0.29) is 26.4 Å². The molecule has 0 aliphatic rings. The van der Waals surface area contributed by atoms with Crippen molar-refractivity contribution in [3.05, 3.63) is 92.0 Å². The first-order valence-corrected chi connectivity index (χ1v) is 18.0. The molecule has 16 nitrogen and oxygen atoms in total. The summed E-state index contributed by atoms with van der Waals surface area (Å²) in [7, 11) is 3.91. The van der Waals surface area contributed by atoms with E-state index in [0.29, 0.717) is 26.2 Å². The standard InChI is InChI=1S/C37H53N12O4/c1-42-17-21-48(36(42)40-38-32-5-9-34(10-6-32)46(23-27-50)24-28-51)15-3-13-44-19-20-45(31-44)14-4-16-49-22-18-43(2)37(49)41-39-33-7-11-35(12-8-33)47(25-29-52)26-30-53/h5-12,17-22,31,50-53H,3-4,13-16,23-30H2,1-2H3/q+3. The van der Waals surface area contributed by atoms with Gasteiger partial charge in [-0.05, 0) is 48.5 Å². The molecule has 0 radical (unpaired) electrons. The highest BCUT2D eigenvalue weighted by atomic mass is 16.3. The first-order chi connectivity index (χ1) is 25.9. The van der Waals surface area contributed by atoms with Gasteiger partial charge in [-0.2, -0.15) is 0 Å². The Kier molecular flexibility index (Phi) is 14.8. The molecule has 0 aliphatic heterocycles. The normalized spacial score (nSPS) is 11.7. The molecule has 3 heterocycles. The van der Waals surface area contributed by atoms with Gasteiger partial charge in [-0.1, -0.05) is 10.2 Å². The van der Waals surface area contributed by atoms with E-state index >= 15 is 0 Å². The SMILES string of the molecule is C[n+]1ccn(CCCn2cc[n+](CCCn3cc[n+](C)c3N=Nc3ccc(N(CCO)CCO)cc3)c2)c1N=Nc1ccc(N(CCO)CCO)cc1. The predicted molar refractivity (Wildman–Crippen MR) is 199 cm³/mol. The van der Waals surface area contributed by atoms with Crippen molar-refractivity contribution < 1.29 is 34.1 Å². The quantitative estimate of drug-likeness (QED) is 0.0633. The lowest BCUT2D eigenvalue weighted by Crippen LogP contribution is -2.32. The topological polar surface area (TPSA) is 163 Å². The van der Waals surface area contributed by atoms with Crippen molar-refractivity contribution in [2.24, 2.45) is 34.6 Å². The third-order valence-electron chi connectivity index (χ3n) is 8.88. The molecule has 53 heavy (non-hydrogen) atoms. The number of hydrogen-bond acceptors (Lipinski definition) is 10. The van der Waals surface area contributed by atoms with Gasteiger partial charge >= 0.3 is 11.9 Å². The van der Waals surface area contributed by atoms with Gasteiger partial charge in [-0.15, -0.1) is 0 Å². The molecule has 0 saturated heterocycles. The molecular weight excluding hydrogens is 676 g/mol. The van der Waals surface area contributed by atoms with Crippen molar-refractivity contribution in [2.75, 3.05) is 62.4 Å². The molecule has 3 aromatic heterocycles. The minimum atomic E-state index is 0.0175. The molecule has 0 aliphatic carbocycles. The van der Waals surface area contributed by atoms with Crippen LogP contribution in [0.5, 0.6) is 0 Å². The number of aryl methyl sites for hydroxylation is 6. The smallest absolute Gasteiger partial charge is 0.395 e. The van der Waals surface area contributed by atoms with Crippen LogP contribution in [0.3, 0.4) is 0 Å². The fraction of sp³-hybridized carbons (Fsp3) is 0.432. The first kappa shape index (κ1) is 38.9. The zero-order chi connectivity index (χ0) is 37.4. The third-order valence-corrected chi connectivity index (χ3v) is 8.88. The highest BCUT2D eigenvalue weighted by Crippen LogP contribution is 2.23. The van der Waals surface area contributed by atoms with E-state index in [1.54, 1.807) is 0 Å². The van der Waals surface area contributed by atoms with E-state index in [0.717, 1.165) is 73.7 Å². The summed E-state index contributed by atoms with van der Waals surface area (Å²) in [5.41, 5.74) is 3.28. The summed E-state index contributed by atoms with van der Waals surface area (Å²) in [4.78, 5) is 3.85. The summed E-state index contributed by atoms with van der Waals surface area (Å²) in [6.45, 7) is 5.21. The van der Waals surface area contributed by atoms with Crippen LogP contribution in [0.1, 0.15) is 12.8 Å². The number of imidazole rings is 3. The summed E-state index contributed by atoms with van der Waals surface area (Å²) >= 11 is 0. The van der Waals surface area contributed by atoms with Gasteiger partial charge in [0.15, 0.2) is 0 Å². The second-order valence-electron chi connectivity index (χ2n) is 12.7. The molecule has 4 N–H and O–H groups in total. The lowest BCUT2D eigenvalue weighted by molar-refractivity contribution is -0.697. The lowest BCUT2D eigenvalue weighted by atomic mass is 10.2. The number of rotatable bonds is 22. The van der Waals surface area contributed by atoms with E-state index in [4.69, 9.17) is 0 Å². The predicted octanol–water partition coefficient (Wildman–Crippen LogP) is 2.62. The molecule has 0 unspecified atom stereocenters. The van der Waals surface area contributed by atoms with Gasteiger partial charge < -0.3 is 30.2 Å². The van der Waals surface area contributed by atoms with Crippen LogP contribution in [-0.2, 0) is 40.3 Å². The molecule has 0 saturated carbocycles. The Hall–Kier alpha value is -5.29. The Morgan fingerprint density at radius 2 is 1.00 bits per heavy atom. The Bertz CT molecular complexity index is 1740. The van der Waals surface area contributed by atoms with E-state index in [9.17, 15) is 20.4 Å². The Labute approximate surface area is 310 Å². The first-order valence-electron chi connectivity index (χ1n) is 18.0. The van der Waals surface area contributed by atoms with Gasteiger partial charge in [0.2, 0.25) is 6.33 Å². The lowest BCUT2D eigenvalue weighted by Gasteiger charge is -2.22. The number of aliphatic hydroxyl groups is 4. The van der Waals surface area contributed by atoms with E-state index in [1.165, 1.54) is 0 Å². The maximum absolute atomic E-state index is 9.32. The van der Waals surface area contributed by atoms with Crippen molar-refractivity contribution in [1.29, 1.82) is 0 Å². The highest BCUT2D eigenvalue weighted by molar-refractivity contribution is 5.53. The molecule has 0 spiro atoms. The van der Waals surface area contributed by atoms with Gasteiger partial charge in [0.1, 0.15) is 23.8 Å². The van der Waals surface area contributed by atoms with Crippen molar-refractivity contribution in [3.8, 4) is 0 Å². The van der Waals surface area contributed by atoms with Gasteiger partial charge in [-0.25, -0.2) is 27.4 Å². The van der Waals surface area contributed by atoms with E-state index in [1.807, 2.05) is 106 Å². The van der Waals surface area contributed by atoms with Gasteiger partial charge in [0.25, 0.3) is 0 Å². The van der Waals surface area contributed by atoms with E-state index < -0.39 is 0 Å². The van der Waals surface area contributed by atoms with Crippen LogP contribution in [-0.4, -0.2) is 86.7 Å². The highest BCUT2D eigenvalue weighted by Gasteiger charge is 2.17. The van der Waals surface area contributed by atoms with Gasteiger partial charge in [0.05, 0.1) is 91.5 Å². The maximum atomic E-state index is 9.32. The van der Waals surface area contributed by atoms with Crippen LogP contribution < -0.4 is 23.5 Å². The molecule has 0 bridgehead atoms. The molecule has 2 aromatic carbocycles. The number of aliphatic hydroxyl groups excluding tert-OH is 4. The Morgan fingerprint density at radius 1 is 0.547 bits per heavy atom. The summed E-state index contributed by atoms with van der Waals surface area (Å²) in [6.07, 6.45) is 16.2. The average Bonchev–Trinajstić information content (AvgIpc) is 3.88. The summed E-state index contributed by atoms with van der Waals surface area (Å²) in [6, 6.07) is 15.2. The number of benzene rings is 2. The van der Waals surface area contributed by atoms with Crippen LogP contribution in [0.4, 0.5) is 34.6 Å². The number of aromatic nitrogens is 6. The fourth-order valence-corrected chi connectivity index (χ4v) is 6.08. The summed E-state index contributed by atoms with van der Waals surface area (Å²) < 4.78 is 12.5. The number of hydrogen-bond donors (Lipinski definition) is 4. The monoisotopic (exact) mass is 729 g/mol. The number of anilines is 2. The molecule has 5 aromatic rings. The molecule has 0 atom stereocenters. The zero-order valence-corrected chi connectivity index (χ0v) is 30.7. The van der Waals surface area contributed by atoms with Crippen molar-refractivity contribution in [1.82, 2.24) is 13.7 Å². The molecule has 0 fully saturated rings. The molecular formula is C37H53N12O4+3. The van der Waals surface area contributed by atoms with Crippen molar-refractivity contribution in [2.45, 2.75) is 39.0 Å². The largest absolute Gasteiger partial charge is 0.421 e. The molecule has 0 amide bonds.